The first-order valence-corrected chi connectivity index (χ1v) is 12.1. The molecule has 1 aliphatic rings. The highest BCUT2D eigenvalue weighted by Gasteiger charge is 2.20. The Bertz CT molecular complexity index is 1290. The zero-order valence-electron chi connectivity index (χ0n) is 18.1. The summed E-state index contributed by atoms with van der Waals surface area (Å²) in [5.74, 6) is 0. The number of non-ortho nitro benzene ring substituents is 1. The minimum atomic E-state index is -3.83. The molecule has 0 atom stereocenters. The normalized spacial score (nSPS) is 13.4. The van der Waals surface area contributed by atoms with Crippen molar-refractivity contribution in [3.8, 4) is 0 Å². The number of amides is 2. The zero-order valence-corrected chi connectivity index (χ0v) is 18.9. The largest absolute Gasteiger partial charge is 0.370 e. The number of urea groups is 1. The van der Waals surface area contributed by atoms with Crippen molar-refractivity contribution in [1.82, 2.24) is 0 Å². The van der Waals surface area contributed by atoms with Gasteiger partial charge < -0.3 is 15.5 Å². The van der Waals surface area contributed by atoms with Gasteiger partial charge in [-0.2, -0.15) is 0 Å². The summed E-state index contributed by atoms with van der Waals surface area (Å²) in [6.45, 7) is 1.78. The first-order chi connectivity index (χ1) is 16.3. The smallest absolute Gasteiger partial charge is 0.323 e. The van der Waals surface area contributed by atoms with Gasteiger partial charge in [-0.05, 0) is 61.4 Å². The topological polar surface area (TPSA) is 134 Å². The molecule has 0 aromatic heterocycles. The second kappa shape index (κ2) is 9.79. The second-order valence-electron chi connectivity index (χ2n) is 7.72. The van der Waals surface area contributed by atoms with Crippen molar-refractivity contribution in [2.75, 3.05) is 33.3 Å². The summed E-state index contributed by atoms with van der Waals surface area (Å²) in [7, 11) is -3.83. The van der Waals surface area contributed by atoms with E-state index in [4.69, 9.17) is 0 Å². The minimum Gasteiger partial charge on any atom is -0.370 e. The standard InChI is InChI=1S/C23H23N5O5S/c29-23(24-17-7-11-19(12-8-17)28(30)31)25-18-9-13-20(14-10-18)34(32,33)26-21-5-1-2-6-22(21)27-15-3-4-16-27/h1-2,5-14,26H,3-4,15-16H2,(H2,24,25,29). The summed E-state index contributed by atoms with van der Waals surface area (Å²) in [5.41, 5.74) is 2.05. The van der Waals surface area contributed by atoms with Crippen LogP contribution in [-0.4, -0.2) is 32.5 Å². The Balaban J connectivity index is 1.41. The van der Waals surface area contributed by atoms with Crippen LogP contribution in [-0.2, 0) is 10.0 Å². The van der Waals surface area contributed by atoms with Gasteiger partial charge in [0.1, 0.15) is 0 Å². The van der Waals surface area contributed by atoms with E-state index in [2.05, 4.69) is 20.3 Å². The van der Waals surface area contributed by atoms with Gasteiger partial charge in [0.2, 0.25) is 0 Å². The average molecular weight is 482 g/mol. The molecule has 0 radical (unpaired) electrons. The Hall–Kier alpha value is -4.12. The van der Waals surface area contributed by atoms with Crippen molar-refractivity contribution in [3.63, 3.8) is 0 Å². The van der Waals surface area contributed by atoms with Crippen molar-refractivity contribution >= 4 is 44.5 Å². The predicted molar refractivity (Wildman–Crippen MR) is 131 cm³/mol. The van der Waals surface area contributed by atoms with Crippen LogP contribution in [0.15, 0.2) is 77.7 Å². The number of carbonyl (C=O) groups excluding carboxylic acids is 1. The number of hydrogen-bond donors (Lipinski definition) is 3. The molecule has 3 aromatic carbocycles. The molecule has 4 rings (SSSR count). The van der Waals surface area contributed by atoms with Crippen LogP contribution in [0, 0.1) is 10.1 Å². The van der Waals surface area contributed by atoms with Gasteiger partial charge in [-0.1, -0.05) is 12.1 Å². The lowest BCUT2D eigenvalue weighted by Gasteiger charge is -2.21. The lowest BCUT2D eigenvalue weighted by atomic mass is 10.2. The quantitative estimate of drug-likeness (QED) is 0.332. The van der Waals surface area contributed by atoms with Crippen molar-refractivity contribution in [2.24, 2.45) is 0 Å². The highest BCUT2D eigenvalue weighted by atomic mass is 32.2. The van der Waals surface area contributed by atoms with E-state index in [1.165, 1.54) is 48.5 Å². The Morgan fingerprint density at radius 2 is 1.41 bits per heavy atom. The van der Waals surface area contributed by atoms with Crippen LogP contribution in [0.25, 0.3) is 0 Å². The number of hydrogen-bond acceptors (Lipinski definition) is 6. The molecule has 3 aromatic rings. The molecule has 1 saturated heterocycles. The highest BCUT2D eigenvalue weighted by molar-refractivity contribution is 7.92. The van der Waals surface area contributed by atoms with Crippen LogP contribution >= 0.6 is 0 Å². The van der Waals surface area contributed by atoms with Crippen LogP contribution in [0.5, 0.6) is 0 Å². The van der Waals surface area contributed by atoms with E-state index in [-0.39, 0.29) is 10.6 Å². The van der Waals surface area contributed by atoms with Gasteiger partial charge in [-0.15, -0.1) is 0 Å². The van der Waals surface area contributed by atoms with E-state index in [9.17, 15) is 23.3 Å². The zero-order chi connectivity index (χ0) is 24.1. The van der Waals surface area contributed by atoms with Gasteiger partial charge in [0.25, 0.3) is 15.7 Å². The summed E-state index contributed by atoms with van der Waals surface area (Å²) in [6.07, 6.45) is 2.15. The van der Waals surface area contributed by atoms with Crippen LogP contribution in [0.3, 0.4) is 0 Å². The van der Waals surface area contributed by atoms with Gasteiger partial charge in [-0.3, -0.25) is 14.8 Å². The van der Waals surface area contributed by atoms with Crippen molar-refractivity contribution in [2.45, 2.75) is 17.7 Å². The lowest BCUT2D eigenvalue weighted by Crippen LogP contribution is -2.21. The van der Waals surface area contributed by atoms with Crippen LogP contribution < -0.4 is 20.3 Å². The molecular formula is C23H23N5O5S. The maximum atomic E-state index is 12.9. The Kier molecular flexibility index (Phi) is 6.64. The molecule has 0 saturated carbocycles. The molecule has 0 aliphatic carbocycles. The number of sulfonamides is 1. The molecule has 1 fully saturated rings. The summed E-state index contributed by atoms with van der Waals surface area (Å²) in [4.78, 5) is 24.6. The van der Waals surface area contributed by atoms with Gasteiger partial charge in [0.05, 0.1) is 21.2 Å². The van der Waals surface area contributed by atoms with Crippen LogP contribution in [0.1, 0.15) is 12.8 Å². The number of anilines is 4. The summed E-state index contributed by atoms with van der Waals surface area (Å²) in [5, 5.41) is 15.9. The van der Waals surface area contributed by atoms with E-state index in [0.29, 0.717) is 17.1 Å². The fourth-order valence-electron chi connectivity index (χ4n) is 3.67. The molecule has 0 spiro atoms. The minimum absolute atomic E-state index is 0.0602. The molecule has 0 bridgehead atoms. The van der Waals surface area contributed by atoms with Crippen molar-refractivity contribution in [1.29, 1.82) is 0 Å². The molecule has 176 valence electrons. The van der Waals surface area contributed by atoms with Gasteiger partial charge in [-0.25, -0.2) is 13.2 Å². The summed E-state index contributed by atoms with van der Waals surface area (Å²) in [6, 6.07) is 17.9. The molecule has 1 aliphatic heterocycles. The average Bonchev–Trinajstić information content (AvgIpc) is 3.35. The van der Waals surface area contributed by atoms with Crippen LogP contribution in [0.2, 0.25) is 0 Å². The first kappa shape index (κ1) is 23.1. The van der Waals surface area contributed by atoms with Crippen molar-refractivity contribution in [3.05, 3.63) is 82.9 Å². The SMILES string of the molecule is O=C(Nc1ccc([N+](=O)[O-])cc1)Nc1ccc(S(=O)(=O)Nc2ccccc2N2CCCC2)cc1. The molecular weight excluding hydrogens is 458 g/mol. The first-order valence-electron chi connectivity index (χ1n) is 10.6. The maximum absolute atomic E-state index is 12.9. The van der Waals surface area contributed by atoms with E-state index < -0.39 is 21.0 Å². The molecule has 1 heterocycles. The third kappa shape index (κ3) is 5.44. The number of nitro benzene ring substituents is 1. The number of para-hydroxylation sites is 2. The molecule has 11 heteroatoms. The van der Waals surface area contributed by atoms with Gasteiger partial charge in [0.15, 0.2) is 0 Å². The van der Waals surface area contributed by atoms with E-state index in [0.717, 1.165) is 31.6 Å². The Morgan fingerprint density at radius 3 is 2.00 bits per heavy atom. The third-order valence-corrected chi connectivity index (χ3v) is 6.74. The van der Waals surface area contributed by atoms with E-state index in [1.807, 2.05) is 12.1 Å². The number of nitrogens with zero attached hydrogens (tertiary/aromatic N) is 2. The highest BCUT2D eigenvalue weighted by Crippen LogP contribution is 2.30. The second-order valence-corrected chi connectivity index (χ2v) is 9.41. The molecule has 2 amide bonds. The summed E-state index contributed by atoms with van der Waals surface area (Å²) >= 11 is 0. The Labute approximate surface area is 196 Å². The number of rotatable bonds is 7. The summed E-state index contributed by atoms with van der Waals surface area (Å²) < 4.78 is 28.6. The fraction of sp³-hybridized carbons (Fsp3) is 0.174. The van der Waals surface area contributed by atoms with Crippen LogP contribution in [0.4, 0.5) is 33.2 Å². The molecule has 10 nitrogen and oxygen atoms in total. The van der Waals surface area contributed by atoms with E-state index >= 15 is 0 Å². The maximum Gasteiger partial charge on any atom is 0.323 e. The predicted octanol–water partition coefficient (Wildman–Crippen LogP) is 4.64. The number of carbonyl (C=O) groups is 1. The van der Waals surface area contributed by atoms with Gasteiger partial charge >= 0.3 is 6.03 Å². The molecule has 3 N–H and O–H groups in total. The number of nitro groups is 1. The molecule has 34 heavy (non-hydrogen) atoms. The monoisotopic (exact) mass is 481 g/mol. The Morgan fingerprint density at radius 1 is 0.853 bits per heavy atom. The number of nitrogens with one attached hydrogen (secondary N) is 3. The number of benzene rings is 3. The van der Waals surface area contributed by atoms with Gasteiger partial charge in [0, 0.05) is 36.6 Å². The third-order valence-electron chi connectivity index (χ3n) is 5.35. The fourth-order valence-corrected chi connectivity index (χ4v) is 4.75. The lowest BCUT2D eigenvalue weighted by molar-refractivity contribution is -0.384. The molecule has 0 unspecified atom stereocenters. The van der Waals surface area contributed by atoms with E-state index in [1.54, 1.807) is 12.1 Å². The van der Waals surface area contributed by atoms with Crippen molar-refractivity contribution < 1.29 is 18.1 Å².